The van der Waals surface area contributed by atoms with Crippen LogP contribution in [0.2, 0.25) is 0 Å². The Labute approximate surface area is 192 Å². The van der Waals surface area contributed by atoms with Gasteiger partial charge in [0.1, 0.15) is 5.82 Å². The average molecular weight is 448 g/mol. The van der Waals surface area contributed by atoms with Crippen LogP contribution >= 0.6 is 0 Å². The number of aromatic nitrogens is 3. The van der Waals surface area contributed by atoms with E-state index in [1.807, 2.05) is 6.20 Å². The van der Waals surface area contributed by atoms with Crippen LogP contribution in [0.5, 0.6) is 0 Å². The molecule has 0 radical (unpaired) electrons. The highest BCUT2D eigenvalue weighted by Gasteiger charge is 2.24. The van der Waals surface area contributed by atoms with Gasteiger partial charge in [0, 0.05) is 49.6 Å². The number of hydrogen-bond donors (Lipinski definition) is 1. The van der Waals surface area contributed by atoms with Gasteiger partial charge < -0.3 is 15.0 Å². The Hall–Kier alpha value is -3.39. The standard InChI is InChI=1S/C25H26FN5O2/c26-21-5-1-4-18(11-21)22-7-6-19(13-27-22)24(32)28-12-17-3-2-9-31(15-17)25-29-14-20-16-33-10-8-23(20)30-25/h1,4-7,11,13-14,17H,2-3,8-10,12,15-16H2,(H,28,32). The minimum absolute atomic E-state index is 0.157. The van der Waals surface area contributed by atoms with Crippen molar-refractivity contribution >= 4 is 11.9 Å². The van der Waals surface area contributed by atoms with E-state index in [0.29, 0.717) is 42.5 Å². The van der Waals surface area contributed by atoms with Crippen LogP contribution in [0.15, 0.2) is 48.8 Å². The quantitative estimate of drug-likeness (QED) is 0.646. The number of ether oxygens (including phenoxy) is 1. The first kappa shape index (κ1) is 21.5. The molecule has 2 aromatic heterocycles. The lowest BCUT2D eigenvalue weighted by atomic mass is 9.98. The first-order chi connectivity index (χ1) is 16.2. The van der Waals surface area contributed by atoms with Crippen LogP contribution in [0.3, 0.4) is 0 Å². The minimum atomic E-state index is -0.313. The van der Waals surface area contributed by atoms with Crippen LogP contribution in [-0.2, 0) is 17.8 Å². The molecule has 1 aromatic carbocycles. The second-order valence-corrected chi connectivity index (χ2v) is 8.55. The van der Waals surface area contributed by atoms with Crippen LogP contribution in [0.1, 0.15) is 34.5 Å². The summed E-state index contributed by atoms with van der Waals surface area (Å²) in [5.74, 6) is 0.622. The first-order valence-corrected chi connectivity index (χ1v) is 11.3. The van der Waals surface area contributed by atoms with E-state index in [4.69, 9.17) is 9.72 Å². The fourth-order valence-electron chi connectivity index (χ4n) is 4.37. The number of halogens is 1. The molecule has 33 heavy (non-hydrogen) atoms. The molecule has 1 unspecified atom stereocenters. The molecule has 1 saturated heterocycles. The molecule has 1 atom stereocenters. The van der Waals surface area contributed by atoms with E-state index in [2.05, 4.69) is 20.2 Å². The summed E-state index contributed by atoms with van der Waals surface area (Å²) < 4.78 is 18.9. The van der Waals surface area contributed by atoms with Crippen molar-refractivity contribution in [2.75, 3.05) is 31.1 Å². The maximum absolute atomic E-state index is 13.4. The molecule has 5 rings (SSSR count). The molecule has 2 aliphatic heterocycles. The molecule has 4 heterocycles. The Kier molecular flexibility index (Phi) is 6.26. The molecule has 2 aliphatic rings. The zero-order valence-electron chi connectivity index (χ0n) is 18.3. The van der Waals surface area contributed by atoms with Crippen LogP contribution < -0.4 is 10.2 Å². The van der Waals surface area contributed by atoms with Crippen LogP contribution in [-0.4, -0.2) is 47.1 Å². The van der Waals surface area contributed by atoms with Crippen LogP contribution in [0.25, 0.3) is 11.3 Å². The van der Waals surface area contributed by atoms with Gasteiger partial charge in [-0.05, 0) is 43.0 Å². The number of fused-ring (bicyclic) bond motifs is 1. The summed E-state index contributed by atoms with van der Waals surface area (Å²) in [5, 5.41) is 3.04. The third-order valence-electron chi connectivity index (χ3n) is 6.18. The van der Waals surface area contributed by atoms with Gasteiger partial charge in [-0.3, -0.25) is 9.78 Å². The Bertz CT molecular complexity index is 1140. The summed E-state index contributed by atoms with van der Waals surface area (Å²) in [6, 6.07) is 9.72. The van der Waals surface area contributed by atoms with Gasteiger partial charge in [0.05, 0.1) is 30.2 Å². The van der Waals surface area contributed by atoms with Gasteiger partial charge in [-0.25, -0.2) is 14.4 Å². The average Bonchev–Trinajstić information content (AvgIpc) is 2.87. The molecule has 1 fully saturated rings. The number of carbonyl (C=O) groups is 1. The highest BCUT2D eigenvalue weighted by molar-refractivity contribution is 5.94. The normalized spacial score (nSPS) is 18.0. The first-order valence-electron chi connectivity index (χ1n) is 11.3. The number of nitrogens with zero attached hydrogens (tertiary/aromatic N) is 4. The Morgan fingerprint density at radius 1 is 1.21 bits per heavy atom. The maximum Gasteiger partial charge on any atom is 0.252 e. The molecule has 1 amide bonds. The number of carbonyl (C=O) groups excluding carboxylic acids is 1. The molecule has 1 N–H and O–H groups in total. The molecule has 0 aliphatic carbocycles. The summed E-state index contributed by atoms with van der Waals surface area (Å²) >= 11 is 0. The van der Waals surface area contributed by atoms with Gasteiger partial charge in [-0.1, -0.05) is 12.1 Å². The van der Waals surface area contributed by atoms with E-state index in [1.54, 1.807) is 24.3 Å². The highest BCUT2D eigenvalue weighted by atomic mass is 19.1. The monoisotopic (exact) mass is 447 g/mol. The third kappa shape index (κ3) is 5.01. The minimum Gasteiger partial charge on any atom is -0.376 e. The summed E-state index contributed by atoms with van der Waals surface area (Å²) in [4.78, 5) is 28.5. The smallest absolute Gasteiger partial charge is 0.252 e. The van der Waals surface area contributed by atoms with Crippen molar-refractivity contribution in [2.45, 2.75) is 25.9 Å². The van der Waals surface area contributed by atoms with Crippen molar-refractivity contribution in [1.29, 1.82) is 0 Å². The molecule has 0 bridgehead atoms. The van der Waals surface area contributed by atoms with Crippen molar-refractivity contribution < 1.29 is 13.9 Å². The zero-order valence-corrected chi connectivity index (χ0v) is 18.3. The van der Waals surface area contributed by atoms with E-state index in [1.165, 1.54) is 18.3 Å². The Balaban J connectivity index is 1.17. The van der Waals surface area contributed by atoms with Gasteiger partial charge in [-0.2, -0.15) is 0 Å². The number of benzene rings is 1. The lowest BCUT2D eigenvalue weighted by Gasteiger charge is -2.33. The summed E-state index contributed by atoms with van der Waals surface area (Å²) in [6.07, 6.45) is 6.32. The summed E-state index contributed by atoms with van der Waals surface area (Å²) in [5.41, 5.74) is 3.95. The van der Waals surface area contributed by atoms with Gasteiger partial charge in [0.25, 0.3) is 5.91 Å². The fourth-order valence-corrected chi connectivity index (χ4v) is 4.37. The van der Waals surface area contributed by atoms with E-state index in [-0.39, 0.29) is 11.7 Å². The molecule has 8 heteroatoms. The lowest BCUT2D eigenvalue weighted by molar-refractivity contribution is 0.0945. The molecule has 3 aromatic rings. The van der Waals surface area contributed by atoms with Gasteiger partial charge in [-0.15, -0.1) is 0 Å². The topological polar surface area (TPSA) is 80.2 Å². The number of anilines is 1. The lowest BCUT2D eigenvalue weighted by Crippen LogP contribution is -2.41. The molecule has 0 saturated carbocycles. The Morgan fingerprint density at radius 2 is 2.15 bits per heavy atom. The van der Waals surface area contributed by atoms with Crippen molar-refractivity contribution in [2.24, 2.45) is 5.92 Å². The van der Waals surface area contributed by atoms with Gasteiger partial charge in [0.15, 0.2) is 0 Å². The van der Waals surface area contributed by atoms with Crippen LogP contribution in [0.4, 0.5) is 10.3 Å². The number of rotatable bonds is 5. The number of pyridine rings is 1. The summed E-state index contributed by atoms with van der Waals surface area (Å²) in [6.45, 7) is 3.61. The van der Waals surface area contributed by atoms with E-state index in [0.717, 1.165) is 49.6 Å². The third-order valence-corrected chi connectivity index (χ3v) is 6.18. The maximum atomic E-state index is 13.4. The number of nitrogens with one attached hydrogen (secondary N) is 1. The second-order valence-electron chi connectivity index (χ2n) is 8.55. The highest BCUT2D eigenvalue weighted by Crippen LogP contribution is 2.23. The molecular formula is C25H26FN5O2. The van der Waals surface area contributed by atoms with E-state index < -0.39 is 0 Å². The number of hydrogen-bond acceptors (Lipinski definition) is 6. The molecule has 7 nitrogen and oxygen atoms in total. The van der Waals surface area contributed by atoms with Crippen molar-refractivity contribution in [3.8, 4) is 11.3 Å². The van der Waals surface area contributed by atoms with E-state index >= 15 is 0 Å². The predicted octanol–water partition coefficient (Wildman–Crippen LogP) is 3.40. The van der Waals surface area contributed by atoms with Gasteiger partial charge in [0.2, 0.25) is 5.95 Å². The van der Waals surface area contributed by atoms with Crippen molar-refractivity contribution in [3.05, 3.63) is 71.4 Å². The van der Waals surface area contributed by atoms with Crippen molar-refractivity contribution in [1.82, 2.24) is 20.3 Å². The SMILES string of the molecule is O=C(NCC1CCCN(c2ncc3c(n2)CCOC3)C1)c1ccc(-c2cccc(F)c2)nc1. The van der Waals surface area contributed by atoms with E-state index in [9.17, 15) is 9.18 Å². The molecule has 0 spiro atoms. The molecular weight excluding hydrogens is 421 g/mol. The molecule has 170 valence electrons. The zero-order chi connectivity index (χ0) is 22.6. The predicted molar refractivity (Wildman–Crippen MR) is 122 cm³/mol. The largest absolute Gasteiger partial charge is 0.376 e. The fraction of sp³-hybridized carbons (Fsp3) is 0.360. The van der Waals surface area contributed by atoms with Crippen LogP contribution in [0, 0.1) is 11.7 Å². The van der Waals surface area contributed by atoms with Gasteiger partial charge >= 0.3 is 0 Å². The number of amides is 1. The van der Waals surface area contributed by atoms with Crippen molar-refractivity contribution in [3.63, 3.8) is 0 Å². The second kappa shape index (κ2) is 9.62. The summed E-state index contributed by atoms with van der Waals surface area (Å²) in [7, 11) is 0. The number of piperidine rings is 1. The Morgan fingerprint density at radius 3 is 3.00 bits per heavy atom.